The highest BCUT2D eigenvalue weighted by Gasteiger charge is 2.22. The number of benzene rings is 2. The van der Waals surface area contributed by atoms with Crippen LogP contribution in [-0.2, 0) is 27.4 Å². The standard InChI is InChI=1S/C23H25FN4O5S/c24-18-11-9-16(10-12-18)15-33-23(30)28-20(7-1-2-14-26-34(31)32)22(29)27-19-8-3-5-17-6-4-13-25-21(17)19/h3-6,8-13,20,26H,1-2,7,14-15H2,(H,27,29)(H,28,30)(H,31,32)/t20-/m0/s1. The SMILES string of the molecule is O=C(N[C@@H](CCCCNS(=O)O)C(=O)Nc1cccc2cccnc12)OCc1ccc(F)cc1. The molecule has 11 heteroatoms. The number of nitrogens with one attached hydrogen (secondary N) is 3. The monoisotopic (exact) mass is 488 g/mol. The second-order valence-corrected chi connectivity index (χ2v) is 8.20. The third-order valence-corrected chi connectivity index (χ3v) is 5.38. The predicted octanol–water partition coefficient (Wildman–Crippen LogP) is 3.50. The number of alkyl carbamates (subject to hydrolysis) is 1. The number of unbranched alkanes of at least 4 members (excludes halogenated alkanes) is 1. The van der Waals surface area contributed by atoms with E-state index in [-0.39, 0.29) is 19.6 Å². The summed E-state index contributed by atoms with van der Waals surface area (Å²) >= 11 is -2.11. The van der Waals surface area contributed by atoms with Gasteiger partial charge in [-0.2, -0.15) is 0 Å². The smallest absolute Gasteiger partial charge is 0.408 e. The van der Waals surface area contributed by atoms with E-state index in [0.29, 0.717) is 29.6 Å². The molecule has 3 rings (SSSR count). The lowest BCUT2D eigenvalue weighted by atomic mass is 10.1. The average molecular weight is 489 g/mol. The van der Waals surface area contributed by atoms with Crippen molar-refractivity contribution in [1.82, 2.24) is 15.0 Å². The molecule has 1 aromatic heterocycles. The molecule has 0 aliphatic carbocycles. The average Bonchev–Trinajstić information content (AvgIpc) is 2.82. The van der Waals surface area contributed by atoms with Crippen LogP contribution in [0.4, 0.5) is 14.9 Å². The molecule has 4 N–H and O–H groups in total. The highest BCUT2D eigenvalue weighted by Crippen LogP contribution is 2.21. The Morgan fingerprint density at radius 1 is 1.09 bits per heavy atom. The maximum Gasteiger partial charge on any atom is 0.408 e. The molecule has 2 aromatic carbocycles. The Morgan fingerprint density at radius 3 is 2.62 bits per heavy atom. The van der Waals surface area contributed by atoms with Crippen molar-refractivity contribution in [3.05, 3.63) is 72.2 Å². The van der Waals surface area contributed by atoms with Crippen LogP contribution in [0.5, 0.6) is 0 Å². The predicted molar refractivity (Wildman–Crippen MR) is 127 cm³/mol. The molecule has 0 saturated carbocycles. The highest BCUT2D eigenvalue weighted by atomic mass is 32.2. The van der Waals surface area contributed by atoms with E-state index >= 15 is 0 Å². The number of ether oxygens (including phenoxy) is 1. The number of nitrogens with zero attached hydrogens (tertiary/aromatic N) is 1. The molecular weight excluding hydrogens is 463 g/mol. The van der Waals surface area contributed by atoms with Gasteiger partial charge in [-0.15, -0.1) is 0 Å². The van der Waals surface area contributed by atoms with Gasteiger partial charge in [0.1, 0.15) is 18.5 Å². The summed E-state index contributed by atoms with van der Waals surface area (Å²) in [7, 11) is 0. The number of halogens is 1. The largest absolute Gasteiger partial charge is 0.445 e. The summed E-state index contributed by atoms with van der Waals surface area (Å²) in [6, 6.07) is 13.7. The van der Waals surface area contributed by atoms with Gasteiger partial charge in [0.05, 0.1) is 11.2 Å². The molecule has 0 fully saturated rings. The Hall–Kier alpha value is -3.41. The summed E-state index contributed by atoms with van der Waals surface area (Å²) < 4.78 is 40.1. The van der Waals surface area contributed by atoms with E-state index in [2.05, 4.69) is 20.3 Å². The molecule has 0 aliphatic heterocycles. The molecule has 2 amide bonds. The van der Waals surface area contributed by atoms with Crippen molar-refractivity contribution >= 4 is 39.9 Å². The van der Waals surface area contributed by atoms with Crippen LogP contribution in [0.2, 0.25) is 0 Å². The number of aromatic nitrogens is 1. The van der Waals surface area contributed by atoms with E-state index in [1.54, 1.807) is 24.4 Å². The first-order valence-corrected chi connectivity index (χ1v) is 11.7. The van der Waals surface area contributed by atoms with Gasteiger partial charge >= 0.3 is 6.09 Å². The van der Waals surface area contributed by atoms with Crippen LogP contribution in [-0.4, -0.2) is 38.3 Å². The summed E-state index contributed by atoms with van der Waals surface area (Å²) in [4.78, 5) is 29.7. The number of para-hydroxylation sites is 1. The van der Waals surface area contributed by atoms with Crippen molar-refractivity contribution < 1.29 is 27.5 Å². The lowest BCUT2D eigenvalue weighted by Gasteiger charge is -2.19. The second-order valence-electron chi connectivity index (χ2n) is 7.41. The van der Waals surface area contributed by atoms with E-state index in [4.69, 9.17) is 9.29 Å². The Labute approximate surface area is 198 Å². The number of carbonyl (C=O) groups excluding carboxylic acids is 2. The van der Waals surface area contributed by atoms with Gasteiger partial charge in [0.15, 0.2) is 0 Å². The molecule has 0 spiro atoms. The van der Waals surface area contributed by atoms with Crippen LogP contribution in [0.25, 0.3) is 10.9 Å². The van der Waals surface area contributed by atoms with Gasteiger partial charge in [0.2, 0.25) is 17.2 Å². The fraction of sp³-hybridized carbons (Fsp3) is 0.261. The molecule has 2 atom stereocenters. The molecule has 34 heavy (non-hydrogen) atoms. The number of hydrogen-bond acceptors (Lipinski definition) is 5. The third-order valence-electron chi connectivity index (χ3n) is 4.93. The summed E-state index contributed by atoms with van der Waals surface area (Å²) in [5, 5.41) is 6.23. The van der Waals surface area contributed by atoms with Gasteiger partial charge in [-0.05, 0) is 49.1 Å². The molecule has 180 valence electrons. The lowest BCUT2D eigenvalue weighted by molar-refractivity contribution is -0.118. The Bertz CT molecular complexity index is 1140. The first-order chi connectivity index (χ1) is 16.4. The number of amides is 2. The fourth-order valence-electron chi connectivity index (χ4n) is 3.24. The topological polar surface area (TPSA) is 130 Å². The fourth-order valence-corrected chi connectivity index (χ4v) is 3.56. The molecule has 0 saturated heterocycles. The van der Waals surface area contributed by atoms with E-state index < -0.39 is 35.1 Å². The third kappa shape index (κ3) is 7.87. The molecule has 3 aromatic rings. The van der Waals surface area contributed by atoms with Crippen molar-refractivity contribution in [3.8, 4) is 0 Å². The number of carbonyl (C=O) groups is 2. The first kappa shape index (κ1) is 25.2. The summed E-state index contributed by atoms with van der Waals surface area (Å²) in [6.07, 6.45) is 2.11. The number of rotatable bonds is 11. The van der Waals surface area contributed by atoms with Crippen LogP contribution < -0.4 is 15.4 Å². The van der Waals surface area contributed by atoms with Gasteiger partial charge in [-0.1, -0.05) is 30.3 Å². The summed E-state index contributed by atoms with van der Waals surface area (Å²) in [6.45, 7) is 0.194. The Balaban J connectivity index is 1.63. The van der Waals surface area contributed by atoms with E-state index in [1.165, 1.54) is 24.3 Å². The minimum absolute atomic E-state index is 0.0834. The second kappa shape index (κ2) is 12.7. The van der Waals surface area contributed by atoms with Crippen molar-refractivity contribution in [2.45, 2.75) is 31.9 Å². The van der Waals surface area contributed by atoms with Crippen molar-refractivity contribution in [2.24, 2.45) is 0 Å². The van der Waals surface area contributed by atoms with Gasteiger partial charge in [-0.25, -0.2) is 18.1 Å². The van der Waals surface area contributed by atoms with Crippen molar-refractivity contribution in [3.63, 3.8) is 0 Å². The summed E-state index contributed by atoms with van der Waals surface area (Å²) in [5.41, 5.74) is 1.72. The van der Waals surface area contributed by atoms with Gasteiger partial charge in [-0.3, -0.25) is 14.3 Å². The van der Waals surface area contributed by atoms with Crippen molar-refractivity contribution in [1.29, 1.82) is 0 Å². The number of fused-ring (bicyclic) bond motifs is 1. The van der Waals surface area contributed by atoms with Gasteiger partial charge in [0.25, 0.3) is 0 Å². The van der Waals surface area contributed by atoms with Crippen LogP contribution >= 0.6 is 0 Å². The summed E-state index contributed by atoms with van der Waals surface area (Å²) in [5.74, 6) is -0.844. The van der Waals surface area contributed by atoms with E-state index in [9.17, 15) is 18.2 Å². The van der Waals surface area contributed by atoms with Crippen LogP contribution in [0.3, 0.4) is 0 Å². The zero-order chi connectivity index (χ0) is 24.3. The minimum Gasteiger partial charge on any atom is -0.445 e. The van der Waals surface area contributed by atoms with Gasteiger partial charge < -0.3 is 15.4 Å². The molecule has 0 radical (unpaired) electrons. The van der Waals surface area contributed by atoms with Gasteiger partial charge in [0, 0.05) is 18.1 Å². The van der Waals surface area contributed by atoms with Crippen molar-refractivity contribution in [2.75, 3.05) is 11.9 Å². The highest BCUT2D eigenvalue weighted by molar-refractivity contribution is 7.77. The molecule has 1 unspecified atom stereocenters. The number of hydrogen-bond donors (Lipinski definition) is 4. The number of pyridine rings is 1. The van der Waals surface area contributed by atoms with E-state index in [1.807, 2.05) is 12.1 Å². The zero-order valence-electron chi connectivity index (χ0n) is 18.2. The zero-order valence-corrected chi connectivity index (χ0v) is 19.0. The Kier molecular flexibility index (Phi) is 9.44. The maximum atomic E-state index is 13.0. The Morgan fingerprint density at radius 2 is 1.85 bits per heavy atom. The minimum atomic E-state index is -2.11. The lowest BCUT2D eigenvalue weighted by Crippen LogP contribution is -2.44. The van der Waals surface area contributed by atoms with Crippen LogP contribution in [0.15, 0.2) is 60.8 Å². The molecule has 0 aliphatic rings. The number of anilines is 1. The maximum absolute atomic E-state index is 13.0. The molecular formula is C23H25FN4O5S. The molecule has 9 nitrogen and oxygen atoms in total. The first-order valence-electron chi connectivity index (χ1n) is 10.6. The van der Waals surface area contributed by atoms with Crippen LogP contribution in [0, 0.1) is 5.82 Å². The molecule has 1 heterocycles. The van der Waals surface area contributed by atoms with E-state index in [0.717, 1.165) is 5.39 Å². The normalized spacial score (nSPS) is 12.6. The molecule has 0 bridgehead atoms. The quantitative estimate of drug-likeness (QED) is 0.241. The van der Waals surface area contributed by atoms with Crippen LogP contribution in [0.1, 0.15) is 24.8 Å².